The van der Waals surface area contributed by atoms with Crippen LogP contribution in [0.3, 0.4) is 0 Å². The van der Waals surface area contributed by atoms with Gasteiger partial charge in [-0.15, -0.1) is 0 Å². The van der Waals surface area contributed by atoms with Gasteiger partial charge in [-0.1, -0.05) is 20.3 Å². The van der Waals surface area contributed by atoms with Gasteiger partial charge in [0.15, 0.2) is 0 Å². The average molecular weight is 241 g/mol. The van der Waals surface area contributed by atoms with Crippen molar-refractivity contribution in [2.45, 2.75) is 39.7 Å². The van der Waals surface area contributed by atoms with Crippen LogP contribution < -0.4 is 5.73 Å². The molecule has 4 nitrogen and oxygen atoms in total. The molecule has 1 atom stereocenters. The maximum Gasteiger partial charge on any atom is 0.237 e. The molecule has 0 radical (unpaired) electrons. The maximum atomic E-state index is 11.4. The molecule has 0 spiro atoms. The van der Waals surface area contributed by atoms with E-state index in [0.717, 1.165) is 32.1 Å². The molecule has 1 fully saturated rings. The lowest BCUT2D eigenvalue weighted by atomic mass is 10.0. The van der Waals surface area contributed by atoms with Gasteiger partial charge in [-0.2, -0.15) is 0 Å². The first-order valence-electron chi connectivity index (χ1n) is 6.65. The molecule has 1 rings (SSSR count). The number of nitrogens with zero attached hydrogens (tertiary/aromatic N) is 2. The second-order valence-electron chi connectivity index (χ2n) is 5.72. The normalized spacial score (nSPS) is 21.4. The molecule has 100 valence electrons. The molecule has 0 bridgehead atoms. The highest BCUT2D eigenvalue weighted by molar-refractivity contribution is 5.83. The lowest BCUT2D eigenvalue weighted by Crippen LogP contribution is -2.59. The topological polar surface area (TPSA) is 49.6 Å². The summed E-state index contributed by atoms with van der Waals surface area (Å²) in [7, 11) is 0. The van der Waals surface area contributed by atoms with Crippen molar-refractivity contribution in [1.29, 1.82) is 0 Å². The Morgan fingerprint density at radius 2 is 1.82 bits per heavy atom. The number of hydrogen-bond donors (Lipinski definition) is 1. The van der Waals surface area contributed by atoms with Gasteiger partial charge < -0.3 is 10.6 Å². The zero-order chi connectivity index (χ0) is 13.1. The Labute approximate surface area is 105 Å². The van der Waals surface area contributed by atoms with Crippen molar-refractivity contribution in [2.75, 3.05) is 32.7 Å². The lowest BCUT2D eigenvalue weighted by Gasteiger charge is -2.42. The maximum absolute atomic E-state index is 11.4. The molecule has 1 heterocycles. The Morgan fingerprint density at radius 1 is 1.29 bits per heavy atom. The predicted octanol–water partition coefficient (Wildman–Crippen LogP) is 0.914. The van der Waals surface area contributed by atoms with E-state index in [2.05, 4.69) is 23.6 Å². The van der Waals surface area contributed by atoms with Gasteiger partial charge in [0.25, 0.3) is 0 Å². The minimum atomic E-state index is -0.511. The van der Waals surface area contributed by atoms with E-state index in [1.807, 2.05) is 13.8 Å². The zero-order valence-electron chi connectivity index (χ0n) is 11.7. The molecule has 1 saturated heterocycles. The molecule has 0 aromatic heterocycles. The SMILES string of the molecule is CCC(C)CN1CCN(C(C)(C)C(N)=O)CC1. The van der Waals surface area contributed by atoms with Crippen molar-refractivity contribution in [1.82, 2.24) is 9.80 Å². The van der Waals surface area contributed by atoms with Gasteiger partial charge in [-0.05, 0) is 19.8 Å². The van der Waals surface area contributed by atoms with E-state index in [1.54, 1.807) is 0 Å². The van der Waals surface area contributed by atoms with E-state index >= 15 is 0 Å². The third-order valence-electron chi connectivity index (χ3n) is 4.03. The van der Waals surface area contributed by atoms with Crippen molar-refractivity contribution in [2.24, 2.45) is 11.7 Å². The van der Waals surface area contributed by atoms with E-state index in [1.165, 1.54) is 13.0 Å². The quantitative estimate of drug-likeness (QED) is 0.778. The van der Waals surface area contributed by atoms with Crippen molar-refractivity contribution in [3.8, 4) is 0 Å². The molecular weight excluding hydrogens is 214 g/mol. The highest BCUT2D eigenvalue weighted by Gasteiger charge is 2.34. The summed E-state index contributed by atoms with van der Waals surface area (Å²) < 4.78 is 0. The number of hydrogen-bond acceptors (Lipinski definition) is 3. The molecule has 0 aromatic carbocycles. The smallest absolute Gasteiger partial charge is 0.237 e. The second kappa shape index (κ2) is 5.83. The van der Waals surface area contributed by atoms with E-state index in [-0.39, 0.29) is 5.91 Å². The van der Waals surface area contributed by atoms with Crippen LogP contribution in [-0.2, 0) is 4.79 Å². The molecule has 0 aliphatic carbocycles. The van der Waals surface area contributed by atoms with Crippen molar-refractivity contribution in [3.05, 3.63) is 0 Å². The van der Waals surface area contributed by atoms with Gasteiger partial charge in [0, 0.05) is 32.7 Å². The fraction of sp³-hybridized carbons (Fsp3) is 0.923. The van der Waals surface area contributed by atoms with Crippen molar-refractivity contribution < 1.29 is 4.79 Å². The van der Waals surface area contributed by atoms with Gasteiger partial charge in [0.05, 0.1) is 5.54 Å². The molecular formula is C13H27N3O. The van der Waals surface area contributed by atoms with Gasteiger partial charge in [-0.3, -0.25) is 9.69 Å². The summed E-state index contributed by atoms with van der Waals surface area (Å²) in [6, 6.07) is 0. The van der Waals surface area contributed by atoms with Crippen LogP contribution in [0.1, 0.15) is 34.1 Å². The summed E-state index contributed by atoms with van der Waals surface area (Å²) in [6.45, 7) is 13.5. The van der Waals surface area contributed by atoms with Crippen LogP contribution in [0.2, 0.25) is 0 Å². The number of carbonyl (C=O) groups is 1. The standard InChI is InChI=1S/C13H27N3O/c1-5-11(2)10-15-6-8-16(9-7-15)13(3,4)12(14)17/h11H,5-10H2,1-4H3,(H2,14,17). The Kier molecular flexibility index (Phi) is 4.95. The van der Waals surface area contributed by atoms with Gasteiger partial charge in [0.1, 0.15) is 0 Å². The molecule has 1 aliphatic heterocycles. The van der Waals surface area contributed by atoms with Crippen LogP contribution in [0, 0.1) is 5.92 Å². The van der Waals surface area contributed by atoms with Crippen molar-refractivity contribution in [3.63, 3.8) is 0 Å². The van der Waals surface area contributed by atoms with Crippen molar-refractivity contribution >= 4 is 5.91 Å². The summed E-state index contributed by atoms with van der Waals surface area (Å²) in [5.74, 6) is 0.526. The van der Waals surface area contributed by atoms with E-state index in [0.29, 0.717) is 0 Å². The number of nitrogens with two attached hydrogens (primary N) is 1. The third-order valence-corrected chi connectivity index (χ3v) is 4.03. The van der Waals surface area contributed by atoms with E-state index < -0.39 is 5.54 Å². The summed E-state index contributed by atoms with van der Waals surface area (Å²) in [4.78, 5) is 16.1. The molecule has 0 aromatic rings. The minimum absolute atomic E-state index is 0.229. The lowest BCUT2D eigenvalue weighted by molar-refractivity contribution is -0.129. The first kappa shape index (κ1) is 14.5. The Hall–Kier alpha value is -0.610. The number of amides is 1. The predicted molar refractivity (Wildman–Crippen MR) is 70.7 cm³/mol. The largest absolute Gasteiger partial charge is 0.368 e. The number of primary amides is 1. The van der Waals surface area contributed by atoms with Crippen LogP contribution in [0.15, 0.2) is 0 Å². The minimum Gasteiger partial charge on any atom is -0.368 e. The summed E-state index contributed by atoms with van der Waals surface area (Å²) in [5.41, 5.74) is 4.93. The molecule has 1 unspecified atom stereocenters. The monoisotopic (exact) mass is 241 g/mol. The summed E-state index contributed by atoms with van der Waals surface area (Å²) in [6.07, 6.45) is 1.23. The van der Waals surface area contributed by atoms with Gasteiger partial charge in [-0.25, -0.2) is 0 Å². The molecule has 2 N–H and O–H groups in total. The van der Waals surface area contributed by atoms with Crippen LogP contribution in [0.5, 0.6) is 0 Å². The van der Waals surface area contributed by atoms with Crippen LogP contribution in [0.25, 0.3) is 0 Å². The number of piperazine rings is 1. The fourth-order valence-corrected chi connectivity index (χ4v) is 2.22. The fourth-order valence-electron chi connectivity index (χ4n) is 2.22. The van der Waals surface area contributed by atoms with Gasteiger partial charge >= 0.3 is 0 Å². The Balaban J connectivity index is 2.43. The van der Waals surface area contributed by atoms with Crippen LogP contribution in [-0.4, -0.2) is 54.0 Å². The summed E-state index contributed by atoms with van der Waals surface area (Å²) in [5, 5.41) is 0. The molecule has 17 heavy (non-hydrogen) atoms. The second-order valence-corrected chi connectivity index (χ2v) is 5.72. The number of rotatable bonds is 5. The molecule has 0 saturated carbocycles. The zero-order valence-corrected chi connectivity index (χ0v) is 11.7. The molecule has 1 amide bonds. The van der Waals surface area contributed by atoms with Crippen LogP contribution in [0.4, 0.5) is 0 Å². The first-order chi connectivity index (χ1) is 7.87. The first-order valence-corrected chi connectivity index (χ1v) is 6.65. The van der Waals surface area contributed by atoms with E-state index in [4.69, 9.17) is 5.73 Å². The summed E-state index contributed by atoms with van der Waals surface area (Å²) >= 11 is 0. The van der Waals surface area contributed by atoms with Crippen LogP contribution >= 0.6 is 0 Å². The number of carbonyl (C=O) groups excluding carboxylic acids is 1. The highest BCUT2D eigenvalue weighted by atomic mass is 16.1. The average Bonchev–Trinajstić information content (AvgIpc) is 2.29. The third kappa shape index (κ3) is 3.68. The molecule has 4 heteroatoms. The highest BCUT2D eigenvalue weighted by Crippen LogP contribution is 2.17. The van der Waals surface area contributed by atoms with E-state index in [9.17, 15) is 4.79 Å². The Bertz CT molecular complexity index is 257. The Morgan fingerprint density at radius 3 is 2.24 bits per heavy atom. The molecule has 1 aliphatic rings. The van der Waals surface area contributed by atoms with Gasteiger partial charge in [0.2, 0.25) is 5.91 Å².